The molecule has 0 aliphatic rings. The Morgan fingerprint density at radius 3 is 2.62 bits per heavy atom. The SMILES string of the molecule is C=CC(=O)OCC(C)OC(=O)CC. The molecule has 0 saturated carbocycles. The summed E-state index contributed by atoms with van der Waals surface area (Å²) in [5.41, 5.74) is 0. The lowest BCUT2D eigenvalue weighted by Crippen LogP contribution is -2.21. The number of hydrogen-bond acceptors (Lipinski definition) is 4. The molecule has 0 fully saturated rings. The van der Waals surface area contributed by atoms with Gasteiger partial charge in [0.2, 0.25) is 0 Å². The Bertz CT molecular complexity index is 198. The molecule has 13 heavy (non-hydrogen) atoms. The van der Waals surface area contributed by atoms with Crippen LogP contribution >= 0.6 is 0 Å². The van der Waals surface area contributed by atoms with Crippen LogP contribution in [0.25, 0.3) is 0 Å². The average Bonchev–Trinajstić information content (AvgIpc) is 2.13. The first-order valence-corrected chi connectivity index (χ1v) is 4.08. The zero-order chi connectivity index (χ0) is 10.3. The van der Waals surface area contributed by atoms with Crippen molar-refractivity contribution in [2.24, 2.45) is 0 Å². The lowest BCUT2D eigenvalue weighted by molar-refractivity contribution is -0.155. The third kappa shape index (κ3) is 5.90. The third-order valence-corrected chi connectivity index (χ3v) is 1.25. The van der Waals surface area contributed by atoms with E-state index in [0.29, 0.717) is 6.42 Å². The average molecular weight is 186 g/mol. The Kier molecular flexibility index (Phi) is 5.59. The summed E-state index contributed by atoms with van der Waals surface area (Å²) in [6.45, 7) is 6.66. The highest BCUT2D eigenvalue weighted by atomic mass is 16.6. The Labute approximate surface area is 77.5 Å². The van der Waals surface area contributed by atoms with Gasteiger partial charge in [-0.2, -0.15) is 0 Å². The molecule has 0 bridgehead atoms. The Morgan fingerprint density at radius 1 is 1.54 bits per heavy atom. The molecule has 4 heteroatoms. The number of carbonyl (C=O) groups is 2. The molecule has 0 N–H and O–H groups in total. The maximum atomic E-state index is 10.8. The van der Waals surface area contributed by atoms with Crippen molar-refractivity contribution in [3.63, 3.8) is 0 Å². The van der Waals surface area contributed by atoms with Gasteiger partial charge in [-0.05, 0) is 6.92 Å². The Balaban J connectivity index is 3.62. The van der Waals surface area contributed by atoms with Gasteiger partial charge in [0.15, 0.2) is 0 Å². The molecule has 0 heterocycles. The van der Waals surface area contributed by atoms with Crippen molar-refractivity contribution >= 4 is 11.9 Å². The number of ether oxygens (including phenoxy) is 2. The molecular weight excluding hydrogens is 172 g/mol. The van der Waals surface area contributed by atoms with E-state index >= 15 is 0 Å². The van der Waals surface area contributed by atoms with Gasteiger partial charge in [0.1, 0.15) is 12.7 Å². The minimum Gasteiger partial charge on any atom is -0.459 e. The van der Waals surface area contributed by atoms with Crippen molar-refractivity contribution in [2.75, 3.05) is 6.61 Å². The van der Waals surface area contributed by atoms with Crippen LogP contribution in [0.1, 0.15) is 20.3 Å². The van der Waals surface area contributed by atoms with Crippen LogP contribution in [0.2, 0.25) is 0 Å². The van der Waals surface area contributed by atoms with Crippen molar-refractivity contribution in [3.8, 4) is 0 Å². The van der Waals surface area contributed by atoms with E-state index in [2.05, 4.69) is 11.3 Å². The molecule has 0 aliphatic heterocycles. The molecule has 0 aromatic rings. The zero-order valence-corrected chi connectivity index (χ0v) is 7.91. The molecular formula is C9H14O4. The van der Waals surface area contributed by atoms with Crippen LogP contribution in [-0.4, -0.2) is 24.6 Å². The van der Waals surface area contributed by atoms with E-state index in [4.69, 9.17) is 4.74 Å². The largest absolute Gasteiger partial charge is 0.459 e. The van der Waals surface area contributed by atoms with Gasteiger partial charge in [0.05, 0.1) is 0 Å². The standard InChI is InChI=1S/C9H14O4/c1-4-8(10)12-6-7(3)13-9(11)5-2/h4,7H,1,5-6H2,2-3H3. The summed E-state index contributed by atoms with van der Waals surface area (Å²) in [5, 5.41) is 0. The van der Waals surface area contributed by atoms with E-state index in [-0.39, 0.29) is 12.6 Å². The van der Waals surface area contributed by atoms with Crippen LogP contribution in [0.5, 0.6) is 0 Å². The fourth-order valence-corrected chi connectivity index (χ4v) is 0.600. The van der Waals surface area contributed by atoms with E-state index in [9.17, 15) is 9.59 Å². The highest BCUT2D eigenvalue weighted by Crippen LogP contribution is 1.95. The minimum atomic E-state index is -0.514. The Morgan fingerprint density at radius 2 is 2.15 bits per heavy atom. The second-order valence-corrected chi connectivity index (χ2v) is 2.49. The Hall–Kier alpha value is -1.32. The van der Waals surface area contributed by atoms with Gasteiger partial charge in [0.25, 0.3) is 0 Å². The van der Waals surface area contributed by atoms with Crippen LogP contribution < -0.4 is 0 Å². The molecule has 0 radical (unpaired) electrons. The molecule has 1 unspecified atom stereocenters. The molecule has 0 amide bonds. The highest BCUT2D eigenvalue weighted by Gasteiger charge is 2.08. The maximum Gasteiger partial charge on any atom is 0.330 e. The van der Waals surface area contributed by atoms with E-state index in [0.717, 1.165) is 6.08 Å². The van der Waals surface area contributed by atoms with Gasteiger partial charge < -0.3 is 9.47 Å². The molecule has 0 aromatic heterocycles. The first kappa shape index (κ1) is 11.7. The topological polar surface area (TPSA) is 52.6 Å². The van der Waals surface area contributed by atoms with Crippen LogP contribution in [0.4, 0.5) is 0 Å². The number of carbonyl (C=O) groups excluding carboxylic acids is 2. The van der Waals surface area contributed by atoms with Crippen LogP contribution in [0.3, 0.4) is 0 Å². The predicted octanol–water partition coefficient (Wildman–Crippen LogP) is 1.06. The summed E-state index contributed by atoms with van der Waals surface area (Å²) in [5.74, 6) is -0.818. The normalized spacial score (nSPS) is 11.5. The molecule has 1 atom stereocenters. The van der Waals surface area contributed by atoms with Crippen molar-refractivity contribution in [2.45, 2.75) is 26.4 Å². The fraction of sp³-hybridized carbons (Fsp3) is 0.556. The summed E-state index contributed by atoms with van der Waals surface area (Å²) in [6.07, 6.45) is 0.977. The highest BCUT2D eigenvalue weighted by molar-refractivity contribution is 5.81. The molecule has 0 spiro atoms. The van der Waals surface area contributed by atoms with Crippen LogP contribution in [0, 0.1) is 0 Å². The quantitative estimate of drug-likeness (QED) is 0.476. The second kappa shape index (κ2) is 6.22. The van der Waals surface area contributed by atoms with Crippen LogP contribution in [-0.2, 0) is 19.1 Å². The van der Waals surface area contributed by atoms with Gasteiger partial charge in [0, 0.05) is 12.5 Å². The maximum absolute atomic E-state index is 10.8. The predicted molar refractivity (Wildman–Crippen MR) is 47.0 cm³/mol. The van der Waals surface area contributed by atoms with Crippen molar-refractivity contribution in [1.29, 1.82) is 0 Å². The van der Waals surface area contributed by atoms with E-state index in [1.165, 1.54) is 0 Å². The zero-order valence-electron chi connectivity index (χ0n) is 7.91. The summed E-state index contributed by atoms with van der Waals surface area (Å²) in [6, 6.07) is 0. The van der Waals surface area contributed by atoms with Crippen molar-refractivity contribution < 1.29 is 19.1 Å². The number of rotatable bonds is 5. The molecule has 0 aliphatic carbocycles. The summed E-state index contributed by atoms with van der Waals surface area (Å²) < 4.78 is 9.51. The van der Waals surface area contributed by atoms with Crippen LogP contribution in [0.15, 0.2) is 12.7 Å². The van der Waals surface area contributed by atoms with E-state index < -0.39 is 12.1 Å². The van der Waals surface area contributed by atoms with Gasteiger partial charge in [-0.3, -0.25) is 4.79 Å². The lowest BCUT2D eigenvalue weighted by Gasteiger charge is -2.11. The van der Waals surface area contributed by atoms with Gasteiger partial charge in [-0.25, -0.2) is 4.79 Å². The summed E-state index contributed by atoms with van der Waals surface area (Å²) in [7, 11) is 0. The van der Waals surface area contributed by atoms with E-state index in [1.54, 1.807) is 13.8 Å². The summed E-state index contributed by atoms with van der Waals surface area (Å²) in [4.78, 5) is 21.3. The number of esters is 2. The van der Waals surface area contributed by atoms with Gasteiger partial charge in [-0.15, -0.1) is 0 Å². The molecule has 0 aromatic carbocycles. The van der Waals surface area contributed by atoms with E-state index in [1.807, 2.05) is 0 Å². The van der Waals surface area contributed by atoms with Gasteiger partial charge >= 0.3 is 11.9 Å². The first-order chi connectivity index (χ1) is 6.10. The second-order valence-electron chi connectivity index (χ2n) is 2.49. The minimum absolute atomic E-state index is 0.0661. The first-order valence-electron chi connectivity index (χ1n) is 4.08. The molecule has 0 saturated heterocycles. The third-order valence-electron chi connectivity index (χ3n) is 1.25. The monoisotopic (exact) mass is 186 g/mol. The van der Waals surface area contributed by atoms with Crippen molar-refractivity contribution in [3.05, 3.63) is 12.7 Å². The summed E-state index contributed by atoms with van der Waals surface area (Å²) >= 11 is 0. The lowest BCUT2D eigenvalue weighted by atomic mass is 10.4. The van der Waals surface area contributed by atoms with Crippen molar-refractivity contribution in [1.82, 2.24) is 0 Å². The number of hydrogen-bond donors (Lipinski definition) is 0. The van der Waals surface area contributed by atoms with Gasteiger partial charge in [-0.1, -0.05) is 13.5 Å². The molecule has 74 valence electrons. The smallest absolute Gasteiger partial charge is 0.330 e. The molecule has 0 rings (SSSR count). The molecule has 4 nitrogen and oxygen atoms in total. The fourth-order valence-electron chi connectivity index (χ4n) is 0.600.